The van der Waals surface area contributed by atoms with Gasteiger partial charge in [0.05, 0.1) is 6.20 Å². The molecule has 2 rings (SSSR count). The van der Waals surface area contributed by atoms with E-state index in [4.69, 9.17) is 4.74 Å². The molecule has 1 aromatic carbocycles. The lowest BCUT2D eigenvalue weighted by molar-refractivity contribution is -0.149. The number of hydrogen-bond acceptors (Lipinski definition) is 4. The summed E-state index contributed by atoms with van der Waals surface area (Å²) in [7, 11) is 1.28. The smallest absolute Gasteiger partial charge is 0.411 e. The summed E-state index contributed by atoms with van der Waals surface area (Å²) < 4.78 is 18.6. The van der Waals surface area contributed by atoms with Gasteiger partial charge in [-0.05, 0) is 18.6 Å². The maximum atomic E-state index is 13.4. The number of rotatable bonds is 5. The Balaban J connectivity index is 2.20. The molecule has 126 valence electrons. The number of benzene rings is 1. The summed E-state index contributed by atoms with van der Waals surface area (Å²) in [6.45, 7) is 1.29. The van der Waals surface area contributed by atoms with Crippen LogP contribution in [0.25, 0.3) is 0 Å². The fourth-order valence-corrected chi connectivity index (χ4v) is 2.14. The molecule has 6 nitrogen and oxygen atoms in total. The molecule has 1 unspecified atom stereocenters. The number of carbonyl (C=O) groups is 2. The Morgan fingerprint density at radius 1 is 1.29 bits per heavy atom. The van der Waals surface area contributed by atoms with E-state index in [1.54, 1.807) is 24.3 Å². The van der Waals surface area contributed by atoms with Crippen LogP contribution in [0.5, 0.6) is 0 Å². The van der Waals surface area contributed by atoms with Crippen molar-refractivity contribution in [1.82, 2.24) is 9.88 Å². The molecule has 1 N–H and O–H groups in total. The first-order valence-electron chi connectivity index (χ1n) is 7.14. The molecule has 7 heteroatoms. The van der Waals surface area contributed by atoms with Crippen LogP contribution in [0.2, 0.25) is 0 Å². The number of amides is 1. The zero-order valence-electron chi connectivity index (χ0n) is 13.3. The second kappa shape index (κ2) is 7.08. The maximum absolute atomic E-state index is 13.4. The Hall–Kier alpha value is -2.96. The fraction of sp³-hybridized carbons (Fsp3) is 0.235. The zero-order valence-corrected chi connectivity index (χ0v) is 13.3. The molecule has 0 fully saturated rings. The minimum Gasteiger partial charge on any atom is -0.479 e. The van der Waals surface area contributed by atoms with E-state index >= 15 is 0 Å². The second-order valence-corrected chi connectivity index (χ2v) is 5.37. The Labute approximate surface area is 138 Å². The summed E-state index contributed by atoms with van der Waals surface area (Å²) in [6, 6.07) is 10.0. The van der Waals surface area contributed by atoms with Crippen LogP contribution in [0.4, 0.5) is 9.18 Å². The topological polar surface area (TPSA) is 79.7 Å². The summed E-state index contributed by atoms with van der Waals surface area (Å²) >= 11 is 0. The van der Waals surface area contributed by atoms with E-state index in [9.17, 15) is 19.1 Å². The van der Waals surface area contributed by atoms with E-state index in [0.29, 0.717) is 0 Å². The van der Waals surface area contributed by atoms with Gasteiger partial charge in [0.15, 0.2) is 5.54 Å². The number of halogens is 1. The van der Waals surface area contributed by atoms with Gasteiger partial charge in [0.2, 0.25) is 0 Å². The van der Waals surface area contributed by atoms with Crippen molar-refractivity contribution in [3.05, 3.63) is 65.7 Å². The molecule has 0 radical (unpaired) electrons. The van der Waals surface area contributed by atoms with Crippen LogP contribution in [-0.4, -0.2) is 34.1 Å². The standard InChI is InChI=1S/C17H17FN2O4/c1-17(15(21)22,13-8-14(18)10-19-9-13)20(2)16(23)24-11-12-6-4-3-5-7-12/h3-10H,11H2,1-2H3,(H,21,22). The van der Waals surface area contributed by atoms with Crippen LogP contribution in [0.15, 0.2) is 48.8 Å². The lowest BCUT2D eigenvalue weighted by Crippen LogP contribution is -2.50. The van der Waals surface area contributed by atoms with Crippen molar-refractivity contribution in [3.63, 3.8) is 0 Å². The van der Waals surface area contributed by atoms with E-state index in [-0.39, 0.29) is 12.2 Å². The first-order valence-corrected chi connectivity index (χ1v) is 7.14. The van der Waals surface area contributed by atoms with Gasteiger partial charge in [0.1, 0.15) is 12.4 Å². The molecule has 2 aromatic rings. The van der Waals surface area contributed by atoms with Crippen LogP contribution in [0.3, 0.4) is 0 Å². The van der Waals surface area contributed by atoms with Crippen LogP contribution in [0, 0.1) is 5.82 Å². The number of pyridine rings is 1. The predicted molar refractivity (Wildman–Crippen MR) is 83.6 cm³/mol. The highest BCUT2D eigenvalue weighted by molar-refractivity contribution is 5.85. The van der Waals surface area contributed by atoms with E-state index in [2.05, 4.69) is 4.98 Å². The first-order chi connectivity index (χ1) is 11.4. The van der Waals surface area contributed by atoms with Crippen molar-refractivity contribution in [2.24, 2.45) is 0 Å². The number of carboxylic acids is 1. The van der Waals surface area contributed by atoms with Gasteiger partial charge in [-0.3, -0.25) is 9.88 Å². The SMILES string of the molecule is CN(C(=O)OCc1ccccc1)C(C)(C(=O)O)c1cncc(F)c1. The summed E-state index contributed by atoms with van der Waals surface area (Å²) in [5.41, 5.74) is -1.01. The molecule has 0 saturated heterocycles. The lowest BCUT2D eigenvalue weighted by atomic mass is 9.92. The third kappa shape index (κ3) is 3.51. The van der Waals surface area contributed by atoms with Gasteiger partial charge in [-0.1, -0.05) is 30.3 Å². The summed E-state index contributed by atoms with van der Waals surface area (Å²) in [5.74, 6) is -2.01. The van der Waals surface area contributed by atoms with Gasteiger partial charge in [0.25, 0.3) is 0 Å². The van der Waals surface area contributed by atoms with Crippen molar-refractivity contribution >= 4 is 12.1 Å². The molecule has 1 amide bonds. The first kappa shape index (κ1) is 17.4. The van der Waals surface area contributed by atoms with E-state index < -0.39 is 23.4 Å². The van der Waals surface area contributed by atoms with E-state index in [1.807, 2.05) is 6.07 Å². The molecule has 1 atom stereocenters. The van der Waals surface area contributed by atoms with E-state index in [0.717, 1.165) is 22.7 Å². The molecule has 0 aliphatic heterocycles. The van der Waals surface area contributed by atoms with Crippen molar-refractivity contribution in [2.45, 2.75) is 19.1 Å². The van der Waals surface area contributed by atoms with Crippen molar-refractivity contribution in [2.75, 3.05) is 7.05 Å². The van der Waals surface area contributed by atoms with Gasteiger partial charge >= 0.3 is 12.1 Å². The van der Waals surface area contributed by atoms with Gasteiger partial charge in [-0.15, -0.1) is 0 Å². The summed E-state index contributed by atoms with van der Waals surface area (Å²) in [6.07, 6.45) is 1.32. The molecule has 1 heterocycles. The highest BCUT2D eigenvalue weighted by atomic mass is 19.1. The average Bonchev–Trinajstić information content (AvgIpc) is 2.59. The van der Waals surface area contributed by atoms with Gasteiger partial charge in [-0.2, -0.15) is 0 Å². The number of nitrogens with zero attached hydrogens (tertiary/aromatic N) is 2. The van der Waals surface area contributed by atoms with Crippen molar-refractivity contribution in [1.29, 1.82) is 0 Å². The third-order valence-electron chi connectivity index (χ3n) is 3.83. The van der Waals surface area contributed by atoms with Gasteiger partial charge in [-0.25, -0.2) is 14.0 Å². The van der Waals surface area contributed by atoms with Gasteiger partial charge in [0, 0.05) is 18.8 Å². The van der Waals surface area contributed by atoms with Crippen LogP contribution < -0.4 is 0 Å². The lowest BCUT2D eigenvalue weighted by Gasteiger charge is -2.34. The van der Waals surface area contributed by atoms with E-state index in [1.165, 1.54) is 20.2 Å². The third-order valence-corrected chi connectivity index (χ3v) is 3.83. The Morgan fingerprint density at radius 3 is 2.54 bits per heavy atom. The summed E-state index contributed by atoms with van der Waals surface area (Å²) in [5, 5.41) is 9.58. The van der Waals surface area contributed by atoms with Crippen molar-refractivity contribution in [3.8, 4) is 0 Å². The second-order valence-electron chi connectivity index (χ2n) is 5.37. The number of aliphatic carboxylic acids is 1. The quantitative estimate of drug-likeness (QED) is 0.911. The molecular formula is C17H17FN2O4. The number of aromatic nitrogens is 1. The monoisotopic (exact) mass is 332 g/mol. The number of likely N-dealkylation sites (N-methyl/N-ethyl adjacent to an activating group) is 1. The number of carbonyl (C=O) groups excluding carboxylic acids is 1. The Morgan fingerprint density at radius 2 is 1.96 bits per heavy atom. The molecule has 1 aromatic heterocycles. The highest BCUT2D eigenvalue weighted by Crippen LogP contribution is 2.28. The normalized spacial score (nSPS) is 13.0. The molecular weight excluding hydrogens is 315 g/mol. The largest absolute Gasteiger partial charge is 0.479 e. The molecule has 0 saturated carbocycles. The Kier molecular flexibility index (Phi) is 5.13. The zero-order chi connectivity index (χ0) is 17.7. The molecule has 0 spiro atoms. The van der Waals surface area contributed by atoms with Crippen LogP contribution in [-0.2, 0) is 21.7 Å². The molecule has 24 heavy (non-hydrogen) atoms. The maximum Gasteiger partial charge on any atom is 0.411 e. The van der Waals surface area contributed by atoms with Crippen LogP contribution >= 0.6 is 0 Å². The van der Waals surface area contributed by atoms with Crippen molar-refractivity contribution < 1.29 is 23.8 Å². The minimum atomic E-state index is -1.82. The number of hydrogen-bond donors (Lipinski definition) is 1. The summed E-state index contributed by atoms with van der Waals surface area (Å²) in [4.78, 5) is 28.6. The molecule has 0 aliphatic rings. The average molecular weight is 332 g/mol. The molecule has 0 aliphatic carbocycles. The van der Waals surface area contributed by atoms with Crippen LogP contribution in [0.1, 0.15) is 18.1 Å². The molecule has 0 bridgehead atoms. The Bertz CT molecular complexity index is 738. The predicted octanol–water partition coefficient (Wildman–Crippen LogP) is 2.79. The van der Waals surface area contributed by atoms with Gasteiger partial charge < -0.3 is 9.84 Å². The minimum absolute atomic E-state index is 0.00110. The fourth-order valence-electron chi connectivity index (χ4n) is 2.14. The number of carboxylic acid groups (broad SMARTS) is 1. The highest BCUT2D eigenvalue weighted by Gasteiger charge is 2.43. The number of ether oxygens (including phenoxy) is 1.